The number of hydrogen-bond acceptors (Lipinski definition) is 2. The number of hydrogen-bond donors (Lipinski definition) is 2. The van der Waals surface area contributed by atoms with Crippen molar-refractivity contribution in [3.05, 3.63) is 33.8 Å². The van der Waals surface area contributed by atoms with E-state index in [1.807, 2.05) is 6.92 Å². The minimum absolute atomic E-state index is 0.212. The summed E-state index contributed by atoms with van der Waals surface area (Å²) >= 11 is 11.8. The first kappa shape index (κ1) is 14.3. The minimum atomic E-state index is -1.14. The maximum absolute atomic E-state index is 11.1. The molecule has 2 N–H and O–H groups in total. The lowest BCUT2D eigenvalue weighted by molar-refractivity contribution is -0.146. The monoisotopic (exact) mass is 276 g/mol. The lowest BCUT2D eigenvalue weighted by Crippen LogP contribution is -2.22. The topological polar surface area (TPSA) is 57.5 Å². The van der Waals surface area contributed by atoms with Crippen LogP contribution in [0.3, 0.4) is 0 Å². The third-order valence-electron chi connectivity index (χ3n) is 2.60. The van der Waals surface area contributed by atoms with E-state index in [2.05, 4.69) is 0 Å². The lowest BCUT2D eigenvalue weighted by Gasteiger charge is -2.20. The molecular weight excluding hydrogens is 263 g/mol. The molecule has 0 spiro atoms. The summed E-state index contributed by atoms with van der Waals surface area (Å²) in [4.78, 5) is 11.1. The average Bonchev–Trinajstić information content (AvgIpc) is 2.28. The zero-order chi connectivity index (χ0) is 13.0. The van der Waals surface area contributed by atoms with Crippen LogP contribution in [-0.2, 0) is 4.79 Å². The summed E-state index contributed by atoms with van der Waals surface area (Å²) in [7, 11) is 0. The van der Waals surface area contributed by atoms with E-state index in [1.54, 1.807) is 18.2 Å². The fourth-order valence-corrected chi connectivity index (χ4v) is 2.11. The number of benzene rings is 1. The van der Waals surface area contributed by atoms with Crippen molar-refractivity contribution in [2.24, 2.45) is 5.92 Å². The molecule has 0 saturated carbocycles. The van der Waals surface area contributed by atoms with Gasteiger partial charge in [0.15, 0.2) is 0 Å². The fraction of sp³-hybridized carbons (Fsp3) is 0.417. The van der Waals surface area contributed by atoms with Crippen LogP contribution < -0.4 is 0 Å². The van der Waals surface area contributed by atoms with E-state index in [0.29, 0.717) is 23.4 Å². The van der Waals surface area contributed by atoms with Gasteiger partial charge in [-0.1, -0.05) is 48.7 Å². The highest BCUT2D eigenvalue weighted by Gasteiger charge is 2.28. The van der Waals surface area contributed by atoms with E-state index in [1.165, 1.54) is 0 Å². The van der Waals surface area contributed by atoms with Gasteiger partial charge in [0.1, 0.15) is 0 Å². The Labute approximate surface area is 110 Å². The molecule has 94 valence electrons. The first-order valence-corrected chi connectivity index (χ1v) is 6.09. The highest BCUT2D eigenvalue weighted by Crippen LogP contribution is 2.34. The summed E-state index contributed by atoms with van der Waals surface area (Å²) < 4.78 is 0. The molecule has 0 bridgehead atoms. The zero-order valence-electron chi connectivity index (χ0n) is 9.36. The van der Waals surface area contributed by atoms with Crippen LogP contribution in [0.15, 0.2) is 18.2 Å². The number of halogens is 2. The molecule has 0 aliphatic carbocycles. The van der Waals surface area contributed by atoms with Crippen molar-refractivity contribution in [3.8, 4) is 0 Å². The van der Waals surface area contributed by atoms with Crippen molar-refractivity contribution in [2.75, 3.05) is 0 Å². The Bertz CT molecular complexity index is 407. The van der Waals surface area contributed by atoms with Crippen molar-refractivity contribution in [1.82, 2.24) is 0 Å². The number of aliphatic hydroxyl groups excluding tert-OH is 1. The van der Waals surface area contributed by atoms with Gasteiger partial charge in [0.25, 0.3) is 0 Å². The van der Waals surface area contributed by atoms with Crippen LogP contribution in [0.1, 0.15) is 31.4 Å². The Morgan fingerprint density at radius 1 is 1.41 bits per heavy atom. The molecule has 1 aromatic rings. The number of carboxylic acid groups (broad SMARTS) is 1. The number of rotatable bonds is 5. The molecular formula is C12H14Cl2O3. The molecule has 0 aliphatic heterocycles. The number of carboxylic acids is 1. The van der Waals surface area contributed by atoms with E-state index in [9.17, 15) is 9.90 Å². The fourth-order valence-electron chi connectivity index (χ4n) is 1.69. The molecule has 0 radical (unpaired) electrons. The summed E-state index contributed by atoms with van der Waals surface area (Å²) in [5, 5.41) is 19.6. The Morgan fingerprint density at radius 2 is 2.06 bits per heavy atom. The Balaban J connectivity index is 3.05. The smallest absolute Gasteiger partial charge is 0.309 e. The lowest BCUT2D eigenvalue weighted by atomic mass is 9.92. The Morgan fingerprint density at radius 3 is 2.59 bits per heavy atom. The molecule has 0 aromatic heterocycles. The molecule has 0 saturated heterocycles. The molecule has 1 rings (SSSR count). The van der Waals surface area contributed by atoms with Crippen LogP contribution in [0.25, 0.3) is 0 Å². The third kappa shape index (κ3) is 3.35. The van der Waals surface area contributed by atoms with Crippen molar-refractivity contribution in [2.45, 2.75) is 25.9 Å². The summed E-state index contributed by atoms with van der Waals surface area (Å²) in [6.45, 7) is 1.86. The van der Waals surface area contributed by atoms with E-state index >= 15 is 0 Å². The molecule has 5 heteroatoms. The Kier molecular flexibility index (Phi) is 5.25. The van der Waals surface area contributed by atoms with Gasteiger partial charge in [-0.15, -0.1) is 0 Å². The van der Waals surface area contributed by atoms with Gasteiger partial charge < -0.3 is 10.2 Å². The molecule has 3 nitrogen and oxygen atoms in total. The number of carbonyl (C=O) groups is 1. The van der Waals surface area contributed by atoms with E-state index < -0.39 is 18.0 Å². The SMILES string of the molecule is CCCC(C(=O)O)C(O)c1cccc(Cl)c1Cl. The van der Waals surface area contributed by atoms with Gasteiger partial charge >= 0.3 is 5.97 Å². The second kappa shape index (κ2) is 6.24. The molecule has 0 fully saturated rings. The van der Waals surface area contributed by atoms with E-state index in [4.69, 9.17) is 28.3 Å². The van der Waals surface area contributed by atoms with Crippen LogP contribution >= 0.6 is 23.2 Å². The van der Waals surface area contributed by atoms with Gasteiger partial charge in [-0.2, -0.15) is 0 Å². The van der Waals surface area contributed by atoms with Crippen LogP contribution in [0.5, 0.6) is 0 Å². The van der Waals surface area contributed by atoms with Crippen LogP contribution in [0.2, 0.25) is 10.0 Å². The molecule has 2 unspecified atom stereocenters. The van der Waals surface area contributed by atoms with Crippen LogP contribution in [0.4, 0.5) is 0 Å². The molecule has 0 aliphatic rings. The van der Waals surface area contributed by atoms with E-state index in [-0.39, 0.29) is 5.02 Å². The van der Waals surface area contributed by atoms with Gasteiger partial charge in [0.05, 0.1) is 22.1 Å². The average molecular weight is 277 g/mol. The zero-order valence-corrected chi connectivity index (χ0v) is 10.9. The first-order valence-electron chi connectivity index (χ1n) is 5.33. The largest absolute Gasteiger partial charge is 0.481 e. The standard InChI is InChI=1S/C12H14Cl2O3/c1-2-4-8(12(16)17)11(15)7-5-3-6-9(13)10(7)14/h3,5-6,8,11,15H,2,4H2,1H3,(H,16,17). The predicted molar refractivity (Wildman–Crippen MR) is 67.5 cm³/mol. The third-order valence-corrected chi connectivity index (χ3v) is 3.43. The number of aliphatic hydroxyl groups is 1. The van der Waals surface area contributed by atoms with Crippen molar-refractivity contribution in [3.63, 3.8) is 0 Å². The van der Waals surface area contributed by atoms with Crippen molar-refractivity contribution in [1.29, 1.82) is 0 Å². The molecule has 2 atom stereocenters. The quantitative estimate of drug-likeness (QED) is 0.865. The predicted octanol–water partition coefficient (Wildman–Crippen LogP) is 3.53. The molecule has 1 aromatic carbocycles. The molecule has 0 heterocycles. The second-order valence-electron chi connectivity index (χ2n) is 3.82. The number of aliphatic carboxylic acids is 1. The normalized spacial score (nSPS) is 14.4. The minimum Gasteiger partial charge on any atom is -0.481 e. The first-order chi connectivity index (χ1) is 7.99. The second-order valence-corrected chi connectivity index (χ2v) is 4.61. The Hall–Kier alpha value is -0.770. The maximum Gasteiger partial charge on any atom is 0.309 e. The summed E-state index contributed by atoms with van der Waals surface area (Å²) in [5.41, 5.74) is 0.361. The van der Waals surface area contributed by atoms with Gasteiger partial charge in [-0.05, 0) is 12.5 Å². The highest BCUT2D eigenvalue weighted by atomic mass is 35.5. The van der Waals surface area contributed by atoms with Crippen LogP contribution in [-0.4, -0.2) is 16.2 Å². The summed E-state index contributed by atoms with van der Waals surface area (Å²) in [5.74, 6) is -1.90. The summed E-state index contributed by atoms with van der Waals surface area (Å²) in [6.07, 6.45) is -0.0791. The maximum atomic E-state index is 11.1. The van der Waals surface area contributed by atoms with Gasteiger partial charge in [0, 0.05) is 5.56 Å². The molecule has 0 amide bonds. The van der Waals surface area contributed by atoms with Crippen molar-refractivity contribution >= 4 is 29.2 Å². The highest BCUT2D eigenvalue weighted by molar-refractivity contribution is 6.42. The van der Waals surface area contributed by atoms with Crippen molar-refractivity contribution < 1.29 is 15.0 Å². The van der Waals surface area contributed by atoms with Crippen LogP contribution in [0, 0.1) is 5.92 Å². The van der Waals surface area contributed by atoms with Gasteiger partial charge in [-0.3, -0.25) is 4.79 Å². The molecule has 17 heavy (non-hydrogen) atoms. The van der Waals surface area contributed by atoms with Gasteiger partial charge in [-0.25, -0.2) is 0 Å². The summed E-state index contributed by atoms with van der Waals surface area (Å²) in [6, 6.07) is 4.82. The van der Waals surface area contributed by atoms with Gasteiger partial charge in [0.2, 0.25) is 0 Å². The van der Waals surface area contributed by atoms with E-state index in [0.717, 1.165) is 0 Å².